The molecule has 0 aliphatic heterocycles. The van der Waals surface area contributed by atoms with Crippen LogP contribution in [0.4, 0.5) is 0 Å². The van der Waals surface area contributed by atoms with Crippen molar-refractivity contribution in [3.63, 3.8) is 0 Å². The molecule has 0 aliphatic rings. The number of aliphatic hydroxyl groups is 1. The first kappa shape index (κ1) is 14.4. The summed E-state index contributed by atoms with van der Waals surface area (Å²) in [6, 6.07) is 0. The highest BCUT2D eigenvalue weighted by Crippen LogP contribution is 2.31. The maximum atomic E-state index is 11.2. The molecule has 4 nitrogen and oxygen atoms in total. The fourth-order valence-corrected chi connectivity index (χ4v) is 1.84. The molecular weight excluding hydrogens is 194 g/mol. The average molecular weight is 217 g/mol. The molecule has 15 heavy (non-hydrogen) atoms. The number of carbonyl (C=O) groups is 1. The molecule has 0 saturated carbocycles. The Balaban J connectivity index is 4.58. The highest BCUT2D eigenvalue weighted by molar-refractivity contribution is 5.74. The number of hydrogen-bond acceptors (Lipinski definition) is 3. The van der Waals surface area contributed by atoms with Crippen molar-refractivity contribution in [1.29, 1.82) is 0 Å². The number of nitrogens with two attached hydrogens (primary N) is 1. The van der Waals surface area contributed by atoms with E-state index in [1.54, 1.807) is 6.92 Å². The minimum absolute atomic E-state index is 0.132. The summed E-state index contributed by atoms with van der Waals surface area (Å²) in [5, 5.41) is 18.4. The van der Waals surface area contributed by atoms with E-state index in [-0.39, 0.29) is 6.54 Å². The predicted molar refractivity (Wildman–Crippen MR) is 59.5 cm³/mol. The monoisotopic (exact) mass is 217 g/mol. The Kier molecular flexibility index (Phi) is 5.83. The Morgan fingerprint density at radius 1 is 1.40 bits per heavy atom. The van der Waals surface area contributed by atoms with E-state index in [1.807, 2.05) is 13.8 Å². The fourth-order valence-electron chi connectivity index (χ4n) is 1.84. The van der Waals surface area contributed by atoms with Crippen LogP contribution in [0.3, 0.4) is 0 Å². The van der Waals surface area contributed by atoms with Gasteiger partial charge < -0.3 is 15.9 Å². The third kappa shape index (κ3) is 4.62. The van der Waals surface area contributed by atoms with Gasteiger partial charge in [-0.15, -0.1) is 0 Å². The predicted octanol–water partition coefficient (Wildman–Crippen LogP) is 1.22. The molecule has 0 spiro atoms. The van der Waals surface area contributed by atoms with Crippen molar-refractivity contribution in [1.82, 2.24) is 0 Å². The Morgan fingerprint density at radius 3 is 2.20 bits per heavy atom. The number of aliphatic hydroxyl groups excluding tert-OH is 1. The van der Waals surface area contributed by atoms with Crippen molar-refractivity contribution in [3.05, 3.63) is 0 Å². The maximum Gasteiger partial charge on any atom is 0.310 e. The Hall–Kier alpha value is -0.610. The van der Waals surface area contributed by atoms with E-state index in [2.05, 4.69) is 0 Å². The van der Waals surface area contributed by atoms with Gasteiger partial charge in [0.1, 0.15) is 0 Å². The highest BCUT2D eigenvalue weighted by Gasteiger charge is 2.37. The Bertz CT molecular complexity index is 204. The van der Waals surface area contributed by atoms with Gasteiger partial charge in [-0.3, -0.25) is 4.79 Å². The summed E-state index contributed by atoms with van der Waals surface area (Å²) in [6.45, 7) is 5.76. The second-order valence-electron chi connectivity index (χ2n) is 4.78. The molecule has 0 amide bonds. The van der Waals surface area contributed by atoms with Gasteiger partial charge in [-0.2, -0.15) is 0 Å². The van der Waals surface area contributed by atoms with Crippen molar-refractivity contribution < 1.29 is 15.0 Å². The summed E-state index contributed by atoms with van der Waals surface area (Å²) >= 11 is 0. The smallest absolute Gasteiger partial charge is 0.310 e. The van der Waals surface area contributed by atoms with Gasteiger partial charge in [0.25, 0.3) is 0 Å². The lowest BCUT2D eigenvalue weighted by Crippen LogP contribution is -2.40. The van der Waals surface area contributed by atoms with Crippen LogP contribution in [0, 0.1) is 11.3 Å². The van der Waals surface area contributed by atoms with Crippen LogP contribution in [0.2, 0.25) is 0 Å². The number of hydrogen-bond donors (Lipinski definition) is 3. The minimum atomic E-state index is -0.870. The van der Waals surface area contributed by atoms with Crippen molar-refractivity contribution in [2.75, 3.05) is 6.54 Å². The molecule has 0 aromatic rings. The van der Waals surface area contributed by atoms with Crippen LogP contribution in [0.5, 0.6) is 0 Å². The molecule has 0 heterocycles. The van der Waals surface area contributed by atoms with Gasteiger partial charge in [0.05, 0.1) is 11.5 Å². The normalized spacial score (nSPS) is 17.5. The summed E-state index contributed by atoms with van der Waals surface area (Å²) in [6.07, 6.45) is 1.01. The SMILES string of the molecule is CC(C)CC(CN)(CCC(C)O)C(=O)O. The van der Waals surface area contributed by atoms with E-state index in [0.717, 1.165) is 0 Å². The van der Waals surface area contributed by atoms with E-state index in [0.29, 0.717) is 25.2 Å². The second kappa shape index (κ2) is 6.08. The molecule has 0 aliphatic carbocycles. The largest absolute Gasteiger partial charge is 0.481 e. The minimum Gasteiger partial charge on any atom is -0.481 e. The van der Waals surface area contributed by atoms with Gasteiger partial charge in [-0.05, 0) is 32.1 Å². The number of aliphatic carboxylic acids is 1. The van der Waals surface area contributed by atoms with E-state index in [9.17, 15) is 15.0 Å². The molecule has 2 unspecified atom stereocenters. The van der Waals surface area contributed by atoms with Gasteiger partial charge in [-0.25, -0.2) is 0 Å². The molecule has 0 rings (SSSR count). The lowest BCUT2D eigenvalue weighted by Gasteiger charge is -2.30. The average Bonchev–Trinajstić information content (AvgIpc) is 2.11. The highest BCUT2D eigenvalue weighted by atomic mass is 16.4. The number of carboxylic acids is 1. The van der Waals surface area contributed by atoms with Crippen molar-refractivity contribution in [3.8, 4) is 0 Å². The summed E-state index contributed by atoms with van der Waals surface area (Å²) in [5.74, 6) is -0.557. The topological polar surface area (TPSA) is 83.5 Å². The van der Waals surface area contributed by atoms with E-state index in [1.165, 1.54) is 0 Å². The molecule has 0 saturated heterocycles. The van der Waals surface area contributed by atoms with Gasteiger partial charge in [0.15, 0.2) is 0 Å². The van der Waals surface area contributed by atoms with Crippen LogP contribution in [-0.2, 0) is 4.79 Å². The van der Waals surface area contributed by atoms with Crippen LogP contribution >= 0.6 is 0 Å². The quantitative estimate of drug-likeness (QED) is 0.598. The van der Waals surface area contributed by atoms with Crippen molar-refractivity contribution >= 4 is 5.97 Å². The first-order chi connectivity index (χ1) is 6.84. The zero-order valence-electron chi connectivity index (χ0n) is 9.86. The molecule has 0 radical (unpaired) electrons. The summed E-state index contributed by atoms with van der Waals surface area (Å²) in [7, 11) is 0. The molecule has 0 fully saturated rings. The van der Waals surface area contributed by atoms with Crippen LogP contribution in [0.25, 0.3) is 0 Å². The van der Waals surface area contributed by atoms with Gasteiger partial charge in [0.2, 0.25) is 0 Å². The lowest BCUT2D eigenvalue weighted by molar-refractivity contribution is -0.150. The number of rotatable bonds is 7. The molecule has 0 bridgehead atoms. The zero-order valence-corrected chi connectivity index (χ0v) is 9.86. The van der Waals surface area contributed by atoms with E-state index >= 15 is 0 Å². The van der Waals surface area contributed by atoms with Crippen molar-refractivity contribution in [2.45, 2.75) is 46.1 Å². The van der Waals surface area contributed by atoms with Crippen LogP contribution in [0.15, 0.2) is 0 Å². The van der Waals surface area contributed by atoms with Gasteiger partial charge >= 0.3 is 5.97 Å². The van der Waals surface area contributed by atoms with Crippen LogP contribution < -0.4 is 5.73 Å². The van der Waals surface area contributed by atoms with E-state index < -0.39 is 17.5 Å². The lowest BCUT2D eigenvalue weighted by atomic mass is 9.76. The third-order valence-corrected chi connectivity index (χ3v) is 2.68. The second-order valence-corrected chi connectivity index (χ2v) is 4.78. The van der Waals surface area contributed by atoms with E-state index in [4.69, 9.17) is 5.73 Å². The van der Waals surface area contributed by atoms with Gasteiger partial charge in [-0.1, -0.05) is 13.8 Å². The molecule has 90 valence electrons. The molecule has 0 aromatic heterocycles. The summed E-state index contributed by atoms with van der Waals surface area (Å²) in [4.78, 5) is 11.2. The van der Waals surface area contributed by atoms with Gasteiger partial charge in [0, 0.05) is 6.54 Å². The first-order valence-electron chi connectivity index (χ1n) is 5.45. The van der Waals surface area contributed by atoms with Crippen LogP contribution in [0.1, 0.15) is 40.0 Å². The molecule has 0 aromatic carbocycles. The standard InChI is InChI=1S/C11H23NO3/c1-8(2)6-11(7-12,10(14)15)5-4-9(3)13/h8-9,13H,4-7,12H2,1-3H3,(H,14,15). The summed E-state index contributed by atoms with van der Waals surface area (Å²) in [5.41, 5.74) is 4.71. The number of carboxylic acid groups (broad SMARTS) is 1. The maximum absolute atomic E-state index is 11.2. The third-order valence-electron chi connectivity index (χ3n) is 2.68. The summed E-state index contributed by atoms with van der Waals surface area (Å²) < 4.78 is 0. The van der Waals surface area contributed by atoms with Crippen LogP contribution in [-0.4, -0.2) is 28.8 Å². The van der Waals surface area contributed by atoms with Crippen molar-refractivity contribution in [2.24, 2.45) is 17.1 Å². The first-order valence-corrected chi connectivity index (χ1v) is 5.45. The molecule has 2 atom stereocenters. The molecule has 4 N–H and O–H groups in total. The Morgan fingerprint density at radius 2 is 1.93 bits per heavy atom. The Labute approximate surface area is 91.5 Å². The zero-order chi connectivity index (χ0) is 12.1. The molecular formula is C11H23NO3. The molecule has 4 heteroatoms. The fraction of sp³-hybridized carbons (Fsp3) is 0.909.